The molecule has 3 nitrogen and oxygen atoms in total. The number of nitrogens with zero attached hydrogens (tertiary/aromatic N) is 1. The highest BCUT2D eigenvalue weighted by molar-refractivity contribution is 6.12. The van der Waals surface area contributed by atoms with Crippen molar-refractivity contribution in [1.29, 1.82) is 0 Å². The molecule has 1 aliphatic heterocycles. The number of benzene rings is 4. The van der Waals surface area contributed by atoms with Crippen molar-refractivity contribution in [3.8, 4) is 0 Å². The summed E-state index contributed by atoms with van der Waals surface area (Å²) < 4.78 is 0. The largest absolute Gasteiger partial charge is 0.360 e. The summed E-state index contributed by atoms with van der Waals surface area (Å²) in [6, 6.07) is 31.0. The fraction of sp³-hybridized carbons (Fsp3) is 0.179. The number of anilines is 2. The van der Waals surface area contributed by atoms with Gasteiger partial charge in [-0.2, -0.15) is 0 Å². The zero-order valence-corrected chi connectivity index (χ0v) is 17.7. The van der Waals surface area contributed by atoms with Crippen LogP contribution < -0.4 is 10.2 Å². The van der Waals surface area contributed by atoms with Gasteiger partial charge in [-0.1, -0.05) is 74.0 Å². The van der Waals surface area contributed by atoms with Gasteiger partial charge in [0.05, 0.1) is 5.56 Å². The Hall–Kier alpha value is -3.59. The third-order valence-electron chi connectivity index (χ3n) is 6.05. The van der Waals surface area contributed by atoms with Gasteiger partial charge in [-0.3, -0.25) is 9.69 Å². The third kappa shape index (κ3) is 3.68. The van der Waals surface area contributed by atoms with Crippen molar-refractivity contribution < 1.29 is 4.79 Å². The van der Waals surface area contributed by atoms with Gasteiger partial charge >= 0.3 is 0 Å². The summed E-state index contributed by atoms with van der Waals surface area (Å²) in [6.45, 7) is 2.21. The summed E-state index contributed by atoms with van der Waals surface area (Å²) in [6.07, 6.45) is 3.15. The van der Waals surface area contributed by atoms with Crippen LogP contribution in [-0.2, 0) is 6.42 Å². The van der Waals surface area contributed by atoms with Gasteiger partial charge in [0.1, 0.15) is 6.17 Å². The normalized spacial score (nSPS) is 15.6. The van der Waals surface area contributed by atoms with Gasteiger partial charge in [0, 0.05) is 11.4 Å². The lowest BCUT2D eigenvalue weighted by atomic mass is 9.99. The van der Waals surface area contributed by atoms with E-state index in [-0.39, 0.29) is 12.1 Å². The van der Waals surface area contributed by atoms with Crippen LogP contribution in [0.25, 0.3) is 10.8 Å². The smallest absolute Gasteiger partial charge is 0.262 e. The first kappa shape index (κ1) is 19.4. The second-order valence-corrected chi connectivity index (χ2v) is 8.14. The number of unbranched alkanes of at least 4 members (excludes halogenated alkanes) is 1. The minimum absolute atomic E-state index is 0.0221. The van der Waals surface area contributed by atoms with Crippen molar-refractivity contribution in [3.05, 3.63) is 108 Å². The van der Waals surface area contributed by atoms with Crippen LogP contribution in [0.5, 0.6) is 0 Å². The molecule has 1 aliphatic rings. The number of carbonyl (C=O) groups is 1. The molecule has 0 saturated carbocycles. The average molecular weight is 407 g/mol. The van der Waals surface area contributed by atoms with Crippen LogP contribution in [0.4, 0.5) is 11.4 Å². The Kier molecular flexibility index (Phi) is 5.17. The number of carbonyl (C=O) groups excluding carboxylic acids is 1. The van der Waals surface area contributed by atoms with E-state index in [4.69, 9.17) is 0 Å². The van der Waals surface area contributed by atoms with Gasteiger partial charge in [-0.05, 0) is 65.1 Å². The summed E-state index contributed by atoms with van der Waals surface area (Å²) in [7, 11) is 0. The van der Waals surface area contributed by atoms with Crippen LogP contribution in [0.3, 0.4) is 0 Å². The maximum atomic E-state index is 13.6. The molecule has 5 rings (SSSR count). The molecule has 0 spiro atoms. The van der Waals surface area contributed by atoms with E-state index in [0.29, 0.717) is 5.56 Å². The summed E-state index contributed by atoms with van der Waals surface area (Å²) in [5.41, 5.74) is 4.86. The average Bonchev–Trinajstić information content (AvgIpc) is 2.83. The van der Waals surface area contributed by atoms with Crippen LogP contribution in [-0.4, -0.2) is 5.91 Å². The maximum absolute atomic E-state index is 13.6. The second-order valence-electron chi connectivity index (χ2n) is 8.14. The molecule has 1 atom stereocenters. The topological polar surface area (TPSA) is 32.3 Å². The van der Waals surface area contributed by atoms with Crippen molar-refractivity contribution >= 4 is 28.1 Å². The molecule has 4 aromatic carbocycles. The molecular weight excluding hydrogens is 380 g/mol. The quantitative estimate of drug-likeness (QED) is 0.389. The fourth-order valence-corrected chi connectivity index (χ4v) is 4.34. The van der Waals surface area contributed by atoms with Gasteiger partial charge in [0.25, 0.3) is 5.91 Å². The van der Waals surface area contributed by atoms with Crippen molar-refractivity contribution in [2.75, 3.05) is 10.2 Å². The molecular formula is C28H26N2O. The molecule has 0 aliphatic carbocycles. The molecule has 0 aromatic heterocycles. The first-order valence-electron chi connectivity index (χ1n) is 11.0. The van der Waals surface area contributed by atoms with Gasteiger partial charge in [0.2, 0.25) is 0 Å². The highest BCUT2D eigenvalue weighted by Gasteiger charge is 2.34. The number of hydrogen-bond acceptors (Lipinski definition) is 2. The van der Waals surface area contributed by atoms with E-state index in [1.165, 1.54) is 29.2 Å². The molecule has 1 heterocycles. The first-order chi connectivity index (χ1) is 15.2. The molecule has 3 heteroatoms. The molecule has 1 N–H and O–H groups in total. The molecule has 154 valence electrons. The Labute approximate surface area is 183 Å². The van der Waals surface area contributed by atoms with E-state index in [0.717, 1.165) is 23.4 Å². The predicted molar refractivity (Wildman–Crippen MR) is 129 cm³/mol. The molecule has 1 amide bonds. The monoisotopic (exact) mass is 406 g/mol. The highest BCUT2D eigenvalue weighted by atomic mass is 16.2. The SMILES string of the molecule is CCCCc1ccc(N2C(=O)c3ccccc3NC2c2ccc3ccccc3c2)cc1. The molecule has 31 heavy (non-hydrogen) atoms. The zero-order valence-electron chi connectivity index (χ0n) is 17.7. The minimum atomic E-state index is -0.270. The zero-order chi connectivity index (χ0) is 21.2. The number of para-hydroxylation sites is 1. The highest BCUT2D eigenvalue weighted by Crippen LogP contribution is 2.37. The molecule has 0 saturated heterocycles. The van der Waals surface area contributed by atoms with Crippen LogP contribution in [0, 0.1) is 0 Å². The molecule has 0 fully saturated rings. The maximum Gasteiger partial charge on any atom is 0.262 e. The Morgan fingerprint density at radius 2 is 1.58 bits per heavy atom. The summed E-state index contributed by atoms with van der Waals surface area (Å²) >= 11 is 0. The summed E-state index contributed by atoms with van der Waals surface area (Å²) in [5.74, 6) is 0.0221. The molecule has 1 unspecified atom stereocenters. The number of nitrogens with one attached hydrogen (secondary N) is 1. The Bertz CT molecular complexity index is 1230. The number of rotatable bonds is 5. The van der Waals surface area contributed by atoms with Crippen LogP contribution in [0.15, 0.2) is 91.0 Å². The minimum Gasteiger partial charge on any atom is -0.360 e. The van der Waals surface area contributed by atoms with E-state index < -0.39 is 0 Å². The van der Waals surface area contributed by atoms with E-state index in [9.17, 15) is 4.79 Å². The lowest BCUT2D eigenvalue weighted by molar-refractivity contribution is 0.0975. The van der Waals surface area contributed by atoms with E-state index in [2.05, 4.69) is 66.8 Å². The van der Waals surface area contributed by atoms with Gasteiger partial charge in [-0.15, -0.1) is 0 Å². The van der Waals surface area contributed by atoms with Crippen molar-refractivity contribution in [2.45, 2.75) is 32.4 Å². The fourth-order valence-electron chi connectivity index (χ4n) is 4.34. The van der Waals surface area contributed by atoms with Gasteiger partial charge < -0.3 is 5.32 Å². The molecule has 0 bridgehead atoms. The predicted octanol–water partition coefficient (Wildman–Crippen LogP) is 6.95. The van der Waals surface area contributed by atoms with E-state index >= 15 is 0 Å². The van der Waals surface area contributed by atoms with Crippen LogP contribution >= 0.6 is 0 Å². The van der Waals surface area contributed by atoms with E-state index in [1.54, 1.807) is 0 Å². The van der Waals surface area contributed by atoms with Crippen molar-refractivity contribution in [3.63, 3.8) is 0 Å². The number of fused-ring (bicyclic) bond motifs is 2. The second kappa shape index (κ2) is 8.27. The Balaban J connectivity index is 1.58. The Morgan fingerprint density at radius 3 is 2.39 bits per heavy atom. The van der Waals surface area contributed by atoms with Gasteiger partial charge in [-0.25, -0.2) is 0 Å². The lowest BCUT2D eigenvalue weighted by Gasteiger charge is -2.38. The molecule has 4 aromatic rings. The number of amides is 1. The summed E-state index contributed by atoms with van der Waals surface area (Å²) in [5, 5.41) is 5.98. The van der Waals surface area contributed by atoms with E-state index in [1.807, 2.05) is 41.3 Å². The van der Waals surface area contributed by atoms with Crippen molar-refractivity contribution in [2.24, 2.45) is 0 Å². The first-order valence-corrected chi connectivity index (χ1v) is 11.0. The standard InChI is InChI=1S/C28H26N2O/c1-2-3-8-20-13-17-24(18-14-20)30-27(29-26-12-7-6-11-25(26)28(30)31)23-16-15-21-9-4-5-10-22(21)19-23/h4-7,9-19,27,29H,2-3,8H2,1H3. The summed E-state index contributed by atoms with van der Waals surface area (Å²) in [4.78, 5) is 15.5. The van der Waals surface area contributed by atoms with Gasteiger partial charge in [0.15, 0.2) is 0 Å². The Morgan fingerprint density at radius 1 is 0.839 bits per heavy atom. The third-order valence-corrected chi connectivity index (χ3v) is 6.05. The number of hydrogen-bond donors (Lipinski definition) is 1. The lowest BCUT2D eigenvalue weighted by Crippen LogP contribution is -2.43. The number of aryl methyl sites for hydroxylation is 1. The van der Waals surface area contributed by atoms with Crippen LogP contribution in [0.2, 0.25) is 0 Å². The van der Waals surface area contributed by atoms with Crippen LogP contribution in [0.1, 0.15) is 47.4 Å². The van der Waals surface area contributed by atoms with Crippen molar-refractivity contribution in [1.82, 2.24) is 0 Å². The molecule has 0 radical (unpaired) electrons.